The zero-order valence-electron chi connectivity index (χ0n) is 8.06. The summed E-state index contributed by atoms with van der Waals surface area (Å²) >= 11 is 0. The lowest BCUT2D eigenvalue weighted by Gasteiger charge is -2.35. The van der Waals surface area contributed by atoms with Crippen molar-refractivity contribution in [1.29, 1.82) is 0 Å². The molecule has 1 heterocycles. The minimum Gasteiger partial charge on any atom is -0.381 e. The molecule has 0 aliphatic carbocycles. The molecule has 0 atom stereocenters. The lowest BCUT2D eigenvalue weighted by atomic mass is 9.90. The van der Waals surface area contributed by atoms with Gasteiger partial charge in [-0.2, -0.15) is 0 Å². The minimum atomic E-state index is 0.0846. The second-order valence-corrected chi connectivity index (χ2v) is 3.35. The fourth-order valence-corrected chi connectivity index (χ4v) is 1.65. The Morgan fingerprint density at radius 1 is 1.42 bits per heavy atom. The van der Waals surface area contributed by atoms with Gasteiger partial charge in [-0.05, 0) is 32.9 Å². The summed E-state index contributed by atoms with van der Waals surface area (Å²) in [5.74, 6) is 0. The van der Waals surface area contributed by atoms with Gasteiger partial charge in [0.05, 0.1) is 5.60 Å². The maximum Gasteiger partial charge on any atom is 0.0734 e. The van der Waals surface area contributed by atoms with Crippen molar-refractivity contribution in [2.45, 2.75) is 24.9 Å². The maximum atomic E-state index is 5.56. The lowest BCUT2D eigenvalue weighted by Crippen LogP contribution is -2.40. The number of hydrogen-bond acceptors (Lipinski definition) is 3. The maximum absolute atomic E-state index is 5.56. The number of methoxy groups -OCH3 is 1. The third-order valence-corrected chi connectivity index (χ3v) is 2.67. The molecule has 0 radical (unpaired) electrons. The van der Waals surface area contributed by atoms with E-state index in [2.05, 4.69) is 5.32 Å². The molecule has 1 fully saturated rings. The Morgan fingerprint density at radius 2 is 2.08 bits per heavy atom. The van der Waals surface area contributed by atoms with Crippen LogP contribution in [-0.4, -0.2) is 39.5 Å². The van der Waals surface area contributed by atoms with Crippen LogP contribution in [0.3, 0.4) is 0 Å². The van der Waals surface area contributed by atoms with Gasteiger partial charge < -0.3 is 14.8 Å². The lowest BCUT2D eigenvalue weighted by molar-refractivity contribution is -0.0931. The molecule has 0 unspecified atom stereocenters. The largest absolute Gasteiger partial charge is 0.381 e. The van der Waals surface area contributed by atoms with E-state index in [0.717, 1.165) is 39.0 Å². The van der Waals surface area contributed by atoms with E-state index in [9.17, 15) is 0 Å². The van der Waals surface area contributed by atoms with Crippen molar-refractivity contribution < 1.29 is 9.47 Å². The standard InChI is InChI=1S/C9H19NO2/c1-10-6-3-9(11-2)4-7-12-8-5-9/h10H,3-8H2,1-2H3. The van der Waals surface area contributed by atoms with E-state index in [-0.39, 0.29) is 5.60 Å². The van der Waals surface area contributed by atoms with Crippen molar-refractivity contribution in [3.63, 3.8) is 0 Å². The summed E-state index contributed by atoms with van der Waals surface area (Å²) in [6.45, 7) is 2.71. The molecular weight excluding hydrogens is 154 g/mol. The summed E-state index contributed by atoms with van der Waals surface area (Å²) in [5.41, 5.74) is 0.0846. The van der Waals surface area contributed by atoms with Crippen LogP contribution in [0.1, 0.15) is 19.3 Å². The molecule has 3 heteroatoms. The second-order valence-electron chi connectivity index (χ2n) is 3.35. The monoisotopic (exact) mass is 173 g/mol. The predicted octanol–water partition coefficient (Wildman–Crippen LogP) is 0.791. The Hall–Kier alpha value is -0.120. The second kappa shape index (κ2) is 4.80. The van der Waals surface area contributed by atoms with Gasteiger partial charge in [0.1, 0.15) is 0 Å². The molecule has 12 heavy (non-hydrogen) atoms. The molecule has 0 aromatic rings. The van der Waals surface area contributed by atoms with Crippen molar-refractivity contribution in [3.8, 4) is 0 Å². The molecule has 0 aromatic heterocycles. The molecule has 1 aliphatic heterocycles. The third-order valence-electron chi connectivity index (χ3n) is 2.67. The SMILES string of the molecule is CNCCC1(OC)CCOCC1. The van der Waals surface area contributed by atoms with Gasteiger partial charge in [-0.25, -0.2) is 0 Å². The summed E-state index contributed by atoms with van der Waals surface area (Å²) in [6, 6.07) is 0. The average molecular weight is 173 g/mol. The van der Waals surface area contributed by atoms with Gasteiger partial charge in [0.2, 0.25) is 0 Å². The van der Waals surface area contributed by atoms with Crippen LogP contribution in [0.25, 0.3) is 0 Å². The number of hydrogen-bond donors (Lipinski definition) is 1. The highest BCUT2D eigenvalue weighted by atomic mass is 16.5. The molecule has 0 bridgehead atoms. The van der Waals surface area contributed by atoms with Gasteiger partial charge in [-0.3, -0.25) is 0 Å². The van der Waals surface area contributed by atoms with Crippen molar-refractivity contribution >= 4 is 0 Å². The molecule has 0 aromatic carbocycles. The van der Waals surface area contributed by atoms with Gasteiger partial charge in [0.15, 0.2) is 0 Å². The molecule has 1 saturated heterocycles. The van der Waals surface area contributed by atoms with E-state index >= 15 is 0 Å². The van der Waals surface area contributed by atoms with E-state index in [1.54, 1.807) is 7.11 Å². The summed E-state index contributed by atoms with van der Waals surface area (Å²) in [5, 5.41) is 3.15. The highest BCUT2D eigenvalue weighted by Gasteiger charge is 2.31. The van der Waals surface area contributed by atoms with E-state index in [0.29, 0.717) is 0 Å². The smallest absolute Gasteiger partial charge is 0.0734 e. The Kier molecular flexibility index (Phi) is 3.98. The molecule has 1 N–H and O–H groups in total. The van der Waals surface area contributed by atoms with Gasteiger partial charge in [0.25, 0.3) is 0 Å². The Labute approximate surface area is 74.4 Å². The van der Waals surface area contributed by atoms with E-state index in [1.807, 2.05) is 7.05 Å². The topological polar surface area (TPSA) is 30.5 Å². The summed E-state index contributed by atoms with van der Waals surface area (Å²) in [6.07, 6.45) is 3.15. The molecule has 72 valence electrons. The van der Waals surface area contributed by atoms with Crippen molar-refractivity contribution in [2.24, 2.45) is 0 Å². The number of ether oxygens (including phenoxy) is 2. The summed E-state index contributed by atoms with van der Waals surface area (Å²) < 4.78 is 10.9. The normalized spacial score (nSPS) is 22.5. The van der Waals surface area contributed by atoms with E-state index in [1.165, 1.54) is 0 Å². The van der Waals surface area contributed by atoms with E-state index in [4.69, 9.17) is 9.47 Å². The number of nitrogens with one attached hydrogen (secondary N) is 1. The molecule has 1 aliphatic rings. The highest BCUT2D eigenvalue weighted by molar-refractivity contribution is 4.83. The third kappa shape index (κ3) is 2.44. The van der Waals surface area contributed by atoms with E-state index < -0.39 is 0 Å². The number of rotatable bonds is 4. The molecule has 3 nitrogen and oxygen atoms in total. The predicted molar refractivity (Wildman–Crippen MR) is 48.3 cm³/mol. The van der Waals surface area contributed by atoms with Gasteiger partial charge in [-0.1, -0.05) is 0 Å². The first-order valence-electron chi connectivity index (χ1n) is 4.60. The summed E-state index contributed by atoms with van der Waals surface area (Å²) in [7, 11) is 3.78. The van der Waals surface area contributed by atoms with Crippen LogP contribution in [0.2, 0.25) is 0 Å². The van der Waals surface area contributed by atoms with Crippen molar-refractivity contribution in [2.75, 3.05) is 33.9 Å². The fourth-order valence-electron chi connectivity index (χ4n) is 1.65. The van der Waals surface area contributed by atoms with Crippen LogP contribution < -0.4 is 5.32 Å². The Balaban J connectivity index is 2.37. The first-order valence-corrected chi connectivity index (χ1v) is 4.60. The fraction of sp³-hybridized carbons (Fsp3) is 1.00. The zero-order valence-corrected chi connectivity index (χ0v) is 8.06. The van der Waals surface area contributed by atoms with Crippen LogP contribution in [0.5, 0.6) is 0 Å². The molecule has 0 amide bonds. The Morgan fingerprint density at radius 3 is 2.58 bits per heavy atom. The van der Waals surface area contributed by atoms with Crippen LogP contribution in [0, 0.1) is 0 Å². The quantitative estimate of drug-likeness (QED) is 0.682. The van der Waals surface area contributed by atoms with Crippen LogP contribution in [-0.2, 0) is 9.47 Å². The van der Waals surface area contributed by atoms with Gasteiger partial charge >= 0.3 is 0 Å². The highest BCUT2D eigenvalue weighted by Crippen LogP contribution is 2.27. The first-order chi connectivity index (χ1) is 5.83. The Bertz CT molecular complexity index is 122. The molecule has 0 saturated carbocycles. The van der Waals surface area contributed by atoms with Gasteiger partial charge in [0, 0.05) is 20.3 Å². The van der Waals surface area contributed by atoms with Crippen LogP contribution >= 0.6 is 0 Å². The first kappa shape index (κ1) is 9.96. The van der Waals surface area contributed by atoms with Crippen molar-refractivity contribution in [1.82, 2.24) is 5.32 Å². The average Bonchev–Trinajstić information content (AvgIpc) is 2.16. The van der Waals surface area contributed by atoms with Crippen molar-refractivity contribution in [3.05, 3.63) is 0 Å². The molecule has 0 spiro atoms. The summed E-state index contributed by atoms with van der Waals surface area (Å²) in [4.78, 5) is 0. The van der Waals surface area contributed by atoms with Crippen LogP contribution in [0.4, 0.5) is 0 Å². The van der Waals surface area contributed by atoms with Crippen LogP contribution in [0.15, 0.2) is 0 Å². The van der Waals surface area contributed by atoms with Gasteiger partial charge in [-0.15, -0.1) is 0 Å². The zero-order chi connectivity index (χ0) is 8.86. The molecular formula is C9H19NO2. The minimum absolute atomic E-state index is 0.0846. The molecule has 1 rings (SSSR count).